The van der Waals surface area contributed by atoms with Crippen LogP contribution in [0.3, 0.4) is 0 Å². The quantitative estimate of drug-likeness (QED) is 0.245. The minimum atomic E-state index is 0. The Morgan fingerprint density at radius 3 is 2.58 bits per heavy atom. The van der Waals surface area contributed by atoms with Crippen molar-refractivity contribution in [2.24, 2.45) is 10.9 Å². The first-order valence-corrected chi connectivity index (χ1v) is 9.70. The van der Waals surface area contributed by atoms with Crippen molar-refractivity contribution in [2.75, 3.05) is 52.5 Å². The molecule has 0 unspecified atom stereocenters. The van der Waals surface area contributed by atoms with Crippen molar-refractivity contribution >= 4 is 29.9 Å². The van der Waals surface area contributed by atoms with Crippen LogP contribution in [0, 0.1) is 5.92 Å². The fourth-order valence-corrected chi connectivity index (χ4v) is 3.55. The average molecular weight is 452 g/mol. The highest BCUT2D eigenvalue weighted by atomic mass is 127. The molecule has 0 amide bonds. The third kappa shape index (κ3) is 9.42. The van der Waals surface area contributed by atoms with Crippen molar-refractivity contribution in [3.8, 4) is 0 Å². The number of aliphatic imine (C=N–C) groups is 1. The third-order valence-electron chi connectivity index (χ3n) is 4.91. The first kappa shape index (κ1) is 22.0. The molecule has 0 bridgehead atoms. The molecule has 0 aromatic heterocycles. The van der Waals surface area contributed by atoms with Gasteiger partial charge in [-0.3, -0.25) is 9.89 Å². The molecule has 1 heterocycles. The normalized spacial score (nSPS) is 20.0. The molecule has 1 aliphatic heterocycles. The van der Waals surface area contributed by atoms with Gasteiger partial charge >= 0.3 is 0 Å². The van der Waals surface area contributed by atoms with Crippen LogP contribution in [0.2, 0.25) is 0 Å². The smallest absolute Gasteiger partial charge is 0.191 e. The van der Waals surface area contributed by atoms with Crippen LogP contribution >= 0.6 is 24.0 Å². The highest BCUT2D eigenvalue weighted by molar-refractivity contribution is 14.0. The van der Waals surface area contributed by atoms with Crippen LogP contribution in [0.1, 0.15) is 51.9 Å². The Hall–Kier alpha value is -0.0800. The molecule has 5 nitrogen and oxygen atoms in total. The van der Waals surface area contributed by atoms with Crippen LogP contribution in [0.15, 0.2) is 4.99 Å². The highest BCUT2D eigenvalue weighted by Crippen LogP contribution is 2.28. The average Bonchev–Trinajstić information content (AvgIpc) is 3.10. The number of nitrogens with zero attached hydrogens (tertiary/aromatic N) is 2. The van der Waals surface area contributed by atoms with Gasteiger partial charge < -0.3 is 15.4 Å². The fourth-order valence-electron chi connectivity index (χ4n) is 3.55. The third-order valence-corrected chi connectivity index (χ3v) is 4.91. The lowest BCUT2D eigenvalue weighted by Crippen LogP contribution is -2.38. The van der Waals surface area contributed by atoms with E-state index in [4.69, 9.17) is 9.73 Å². The van der Waals surface area contributed by atoms with Gasteiger partial charge in [0.05, 0.1) is 13.2 Å². The number of rotatable bonds is 9. The largest absolute Gasteiger partial charge is 0.379 e. The summed E-state index contributed by atoms with van der Waals surface area (Å²) in [6.45, 7) is 10.0. The maximum absolute atomic E-state index is 5.38. The van der Waals surface area contributed by atoms with E-state index >= 15 is 0 Å². The van der Waals surface area contributed by atoms with E-state index in [1.807, 2.05) is 0 Å². The predicted octanol–water partition coefficient (Wildman–Crippen LogP) is 2.85. The van der Waals surface area contributed by atoms with Crippen LogP contribution in [0.5, 0.6) is 0 Å². The van der Waals surface area contributed by atoms with Crippen LogP contribution in [-0.2, 0) is 4.74 Å². The summed E-state index contributed by atoms with van der Waals surface area (Å²) in [5.41, 5.74) is 0. The van der Waals surface area contributed by atoms with Crippen molar-refractivity contribution in [1.82, 2.24) is 15.5 Å². The number of guanidine groups is 1. The summed E-state index contributed by atoms with van der Waals surface area (Å²) in [7, 11) is 0. The van der Waals surface area contributed by atoms with Gasteiger partial charge in [0.2, 0.25) is 0 Å². The summed E-state index contributed by atoms with van der Waals surface area (Å²) in [6, 6.07) is 0. The number of morpholine rings is 1. The van der Waals surface area contributed by atoms with Crippen molar-refractivity contribution in [3.63, 3.8) is 0 Å². The Morgan fingerprint density at radius 2 is 1.88 bits per heavy atom. The molecule has 1 saturated carbocycles. The molecule has 1 aliphatic carbocycles. The zero-order valence-corrected chi connectivity index (χ0v) is 17.7. The van der Waals surface area contributed by atoms with Gasteiger partial charge in [0.1, 0.15) is 0 Å². The summed E-state index contributed by atoms with van der Waals surface area (Å²) in [5, 5.41) is 6.84. The van der Waals surface area contributed by atoms with Gasteiger partial charge in [0, 0.05) is 39.3 Å². The van der Waals surface area contributed by atoms with Crippen molar-refractivity contribution < 1.29 is 4.74 Å². The molecule has 0 aromatic carbocycles. The maximum atomic E-state index is 5.38. The monoisotopic (exact) mass is 452 g/mol. The zero-order valence-electron chi connectivity index (χ0n) is 15.4. The standard InChI is InChI=1S/C18H36N4O.HI/c1-2-19-18(20-10-5-9-17-7-3-4-8-17)21-11-6-12-22-13-15-23-16-14-22;/h17H,2-16H2,1H3,(H2,19,20,21);1H. The first-order valence-electron chi connectivity index (χ1n) is 9.70. The van der Waals surface area contributed by atoms with Gasteiger partial charge in [-0.05, 0) is 32.1 Å². The number of nitrogens with one attached hydrogen (secondary N) is 2. The van der Waals surface area contributed by atoms with Gasteiger partial charge in [-0.2, -0.15) is 0 Å². The van der Waals surface area contributed by atoms with E-state index in [2.05, 4.69) is 22.5 Å². The molecule has 142 valence electrons. The molecule has 0 radical (unpaired) electrons. The Bertz CT molecular complexity index is 329. The number of ether oxygens (including phenoxy) is 1. The molecular weight excluding hydrogens is 415 g/mol. The molecule has 1 saturated heterocycles. The molecule has 2 N–H and O–H groups in total. The van der Waals surface area contributed by atoms with E-state index in [1.54, 1.807) is 0 Å². The minimum absolute atomic E-state index is 0. The number of halogens is 1. The molecule has 6 heteroatoms. The lowest BCUT2D eigenvalue weighted by atomic mass is 10.0. The Kier molecular flexibility index (Phi) is 12.9. The Labute approximate surface area is 165 Å². The minimum Gasteiger partial charge on any atom is -0.379 e. The molecular formula is C18H37IN4O. The fraction of sp³-hybridized carbons (Fsp3) is 0.944. The van der Waals surface area contributed by atoms with Crippen LogP contribution in [0.25, 0.3) is 0 Å². The molecule has 0 aromatic rings. The number of hydrogen-bond acceptors (Lipinski definition) is 3. The van der Waals surface area contributed by atoms with E-state index in [-0.39, 0.29) is 24.0 Å². The van der Waals surface area contributed by atoms with Crippen LogP contribution < -0.4 is 10.6 Å². The van der Waals surface area contributed by atoms with Crippen LogP contribution in [-0.4, -0.2) is 63.3 Å². The predicted molar refractivity (Wildman–Crippen MR) is 112 cm³/mol. The maximum Gasteiger partial charge on any atom is 0.191 e. The van der Waals surface area contributed by atoms with E-state index in [1.165, 1.54) is 38.5 Å². The lowest BCUT2D eigenvalue weighted by molar-refractivity contribution is 0.0377. The van der Waals surface area contributed by atoms with Crippen molar-refractivity contribution in [2.45, 2.75) is 51.9 Å². The molecule has 2 fully saturated rings. The van der Waals surface area contributed by atoms with E-state index in [0.717, 1.165) is 70.8 Å². The Morgan fingerprint density at radius 1 is 1.12 bits per heavy atom. The first-order chi connectivity index (χ1) is 11.4. The van der Waals surface area contributed by atoms with E-state index in [0.29, 0.717) is 0 Å². The molecule has 0 atom stereocenters. The molecule has 0 spiro atoms. The van der Waals surface area contributed by atoms with Crippen molar-refractivity contribution in [3.05, 3.63) is 0 Å². The summed E-state index contributed by atoms with van der Waals surface area (Å²) in [5.74, 6) is 1.98. The van der Waals surface area contributed by atoms with Crippen molar-refractivity contribution in [1.29, 1.82) is 0 Å². The van der Waals surface area contributed by atoms with Gasteiger partial charge in [0.25, 0.3) is 0 Å². The molecule has 2 rings (SSSR count). The van der Waals surface area contributed by atoms with Gasteiger partial charge in [-0.25, -0.2) is 0 Å². The number of hydrogen-bond donors (Lipinski definition) is 2. The SMILES string of the molecule is CCNC(=NCCCN1CCOCC1)NCCCC1CCCC1.I. The second kappa shape index (κ2) is 14.1. The summed E-state index contributed by atoms with van der Waals surface area (Å²) in [4.78, 5) is 7.18. The van der Waals surface area contributed by atoms with Gasteiger partial charge in [-0.15, -0.1) is 24.0 Å². The second-order valence-corrected chi connectivity index (χ2v) is 6.79. The summed E-state index contributed by atoms with van der Waals surface area (Å²) in [6.07, 6.45) is 9.58. The topological polar surface area (TPSA) is 48.9 Å². The zero-order chi connectivity index (χ0) is 16.2. The summed E-state index contributed by atoms with van der Waals surface area (Å²) >= 11 is 0. The lowest BCUT2D eigenvalue weighted by Gasteiger charge is -2.26. The molecule has 2 aliphatic rings. The molecule has 24 heavy (non-hydrogen) atoms. The van der Waals surface area contributed by atoms with Gasteiger partial charge in [-0.1, -0.05) is 25.7 Å². The van der Waals surface area contributed by atoms with Gasteiger partial charge in [0.15, 0.2) is 5.96 Å². The van der Waals surface area contributed by atoms with E-state index < -0.39 is 0 Å². The summed E-state index contributed by atoms with van der Waals surface area (Å²) < 4.78 is 5.38. The second-order valence-electron chi connectivity index (χ2n) is 6.79. The van der Waals surface area contributed by atoms with E-state index in [9.17, 15) is 0 Å². The highest BCUT2D eigenvalue weighted by Gasteiger charge is 2.14. The Balaban J connectivity index is 0.00000288. The van der Waals surface area contributed by atoms with Crippen LogP contribution in [0.4, 0.5) is 0 Å².